The summed E-state index contributed by atoms with van der Waals surface area (Å²) in [5.74, 6) is -1.09. The van der Waals surface area contributed by atoms with Crippen molar-refractivity contribution >= 4 is 11.9 Å². The highest BCUT2D eigenvalue weighted by Crippen LogP contribution is 2.27. The summed E-state index contributed by atoms with van der Waals surface area (Å²) in [5.41, 5.74) is 0.386. The summed E-state index contributed by atoms with van der Waals surface area (Å²) in [5, 5.41) is 18.2. The summed E-state index contributed by atoms with van der Waals surface area (Å²) in [4.78, 5) is 22.7. The fourth-order valence-corrected chi connectivity index (χ4v) is 3.46. The second-order valence-corrected chi connectivity index (χ2v) is 7.64. The van der Waals surface area contributed by atoms with Crippen molar-refractivity contribution in [3.8, 4) is 0 Å². The fraction of sp³-hybridized carbons (Fsp3) is 0.810. The average Bonchev–Trinajstić information content (AvgIpc) is 2.89. The Bertz CT molecular complexity index is 469. The number of hydrogen-bond acceptors (Lipinski definition) is 4. The lowest BCUT2D eigenvalue weighted by Crippen LogP contribution is -2.17. The van der Waals surface area contributed by atoms with Crippen molar-refractivity contribution in [2.24, 2.45) is 5.92 Å². The molecule has 1 rings (SSSR count). The first-order chi connectivity index (χ1) is 12.5. The van der Waals surface area contributed by atoms with Crippen LogP contribution in [-0.4, -0.2) is 34.9 Å². The molecular formula is C21H36O5. The van der Waals surface area contributed by atoms with Gasteiger partial charge < -0.3 is 14.9 Å². The van der Waals surface area contributed by atoms with Gasteiger partial charge in [0.2, 0.25) is 0 Å². The number of aliphatic hydroxyl groups excluding tert-OH is 1. The summed E-state index contributed by atoms with van der Waals surface area (Å²) in [6.07, 6.45) is 13.1. The van der Waals surface area contributed by atoms with E-state index in [0.717, 1.165) is 25.7 Å². The minimum Gasteiger partial charge on any atom is -0.478 e. The third kappa shape index (κ3) is 8.35. The number of carboxylic acid groups (broad SMARTS) is 1. The molecule has 0 spiro atoms. The number of esters is 1. The number of cyclic esters (lactones) is 1. The molecule has 0 aromatic rings. The van der Waals surface area contributed by atoms with Crippen molar-refractivity contribution in [2.75, 3.05) is 6.61 Å². The molecule has 0 aromatic heterocycles. The highest BCUT2D eigenvalue weighted by molar-refractivity contribution is 6.03. The monoisotopic (exact) mass is 368 g/mol. The topological polar surface area (TPSA) is 83.8 Å². The lowest BCUT2D eigenvalue weighted by Gasteiger charge is -2.11. The number of unbranched alkanes of at least 4 members (excludes halogenated alkanes) is 9. The molecule has 0 saturated carbocycles. The Morgan fingerprint density at radius 2 is 1.50 bits per heavy atom. The molecule has 0 amide bonds. The van der Waals surface area contributed by atoms with Crippen LogP contribution in [0.4, 0.5) is 0 Å². The van der Waals surface area contributed by atoms with Gasteiger partial charge in [0.05, 0.1) is 5.57 Å². The average molecular weight is 369 g/mol. The normalized spacial score (nSPS) is 18.3. The summed E-state index contributed by atoms with van der Waals surface area (Å²) < 4.78 is 5.15. The van der Waals surface area contributed by atoms with Gasteiger partial charge in [-0.2, -0.15) is 0 Å². The largest absolute Gasteiger partial charge is 0.478 e. The van der Waals surface area contributed by atoms with Gasteiger partial charge in [-0.1, -0.05) is 64.7 Å². The first kappa shape index (κ1) is 22.7. The van der Waals surface area contributed by atoms with E-state index in [0.29, 0.717) is 18.9 Å². The molecule has 5 heteroatoms. The number of carboxylic acids is 1. The molecule has 1 aliphatic heterocycles. The molecule has 0 aromatic carbocycles. The smallest absolute Gasteiger partial charge is 0.335 e. The summed E-state index contributed by atoms with van der Waals surface area (Å²) >= 11 is 0. The van der Waals surface area contributed by atoms with E-state index in [1.807, 2.05) is 0 Å². The van der Waals surface area contributed by atoms with Gasteiger partial charge in [0.1, 0.15) is 6.10 Å². The SMILES string of the molecule is CC1=C(C(=O)O)[C@@H](CCCCCCCCCCCCC(C)CO)OC1=O. The van der Waals surface area contributed by atoms with E-state index in [-0.39, 0.29) is 11.1 Å². The van der Waals surface area contributed by atoms with E-state index in [2.05, 4.69) is 6.92 Å². The molecule has 0 aliphatic carbocycles. The Hall–Kier alpha value is -1.36. The van der Waals surface area contributed by atoms with Crippen LogP contribution in [0.2, 0.25) is 0 Å². The lowest BCUT2D eigenvalue weighted by atomic mass is 10.00. The van der Waals surface area contributed by atoms with Gasteiger partial charge in [-0.15, -0.1) is 0 Å². The Morgan fingerprint density at radius 3 is 2.00 bits per heavy atom. The molecule has 0 bridgehead atoms. The van der Waals surface area contributed by atoms with Crippen molar-refractivity contribution in [1.29, 1.82) is 0 Å². The maximum absolute atomic E-state index is 11.5. The van der Waals surface area contributed by atoms with Gasteiger partial charge >= 0.3 is 11.9 Å². The van der Waals surface area contributed by atoms with Crippen LogP contribution in [0.25, 0.3) is 0 Å². The van der Waals surface area contributed by atoms with Gasteiger partial charge in [-0.05, 0) is 32.1 Å². The van der Waals surface area contributed by atoms with Crippen LogP contribution < -0.4 is 0 Å². The predicted molar refractivity (Wildman–Crippen MR) is 102 cm³/mol. The number of hydrogen-bond donors (Lipinski definition) is 2. The van der Waals surface area contributed by atoms with Crippen LogP contribution in [0.1, 0.15) is 90.9 Å². The fourth-order valence-electron chi connectivity index (χ4n) is 3.46. The second-order valence-electron chi connectivity index (χ2n) is 7.64. The van der Waals surface area contributed by atoms with E-state index in [4.69, 9.17) is 9.84 Å². The van der Waals surface area contributed by atoms with Crippen LogP contribution >= 0.6 is 0 Å². The van der Waals surface area contributed by atoms with Gasteiger partial charge in [-0.25, -0.2) is 9.59 Å². The summed E-state index contributed by atoms with van der Waals surface area (Å²) in [6, 6.07) is 0. The second kappa shape index (κ2) is 12.9. The minimum absolute atomic E-state index is 0.142. The maximum Gasteiger partial charge on any atom is 0.335 e. The highest BCUT2D eigenvalue weighted by atomic mass is 16.5. The molecule has 0 fully saturated rings. The Balaban J connectivity index is 1.96. The van der Waals surface area contributed by atoms with Gasteiger partial charge in [0.25, 0.3) is 0 Å². The Morgan fingerprint density at radius 1 is 1.00 bits per heavy atom. The first-order valence-corrected chi connectivity index (χ1v) is 10.2. The number of aliphatic hydroxyl groups is 1. The number of aliphatic carboxylic acids is 1. The van der Waals surface area contributed by atoms with Crippen LogP contribution in [0.15, 0.2) is 11.1 Å². The molecular weight excluding hydrogens is 332 g/mol. The van der Waals surface area contributed by atoms with Gasteiger partial charge in [0.15, 0.2) is 0 Å². The Kier molecular flexibility index (Phi) is 11.3. The van der Waals surface area contributed by atoms with Crippen molar-refractivity contribution < 1.29 is 24.5 Å². The molecule has 5 nitrogen and oxygen atoms in total. The van der Waals surface area contributed by atoms with Crippen molar-refractivity contribution in [3.63, 3.8) is 0 Å². The molecule has 1 aliphatic rings. The minimum atomic E-state index is -1.04. The Labute approximate surface area is 157 Å². The quantitative estimate of drug-likeness (QED) is 0.325. The number of rotatable bonds is 15. The predicted octanol–water partition coefficient (Wildman–Crippen LogP) is 4.62. The zero-order valence-corrected chi connectivity index (χ0v) is 16.5. The maximum atomic E-state index is 11.5. The van der Waals surface area contributed by atoms with Crippen molar-refractivity contribution in [2.45, 2.75) is 97.0 Å². The molecule has 2 atom stereocenters. The molecule has 150 valence electrons. The number of carbonyl (C=O) groups is 2. The van der Waals surface area contributed by atoms with E-state index in [1.165, 1.54) is 51.9 Å². The molecule has 1 unspecified atom stereocenters. The van der Waals surface area contributed by atoms with Crippen LogP contribution in [0, 0.1) is 5.92 Å². The van der Waals surface area contributed by atoms with Crippen molar-refractivity contribution in [1.82, 2.24) is 0 Å². The third-order valence-electron chi connectivity index (χ3n) is 5.24. The lowest BCUT2D eigenvalue weighted by molar-refractivity contribution is -0.140. The summed E-state index contributed by atoms with van der Waals surface area (Å²) in [6.45, 7) is 3.92. The van der Waals surface area contributed by atoms with Crippen LogP contribution in [0.5, 0.6) is 0 Å². The van der Waals surface area contributed by atoms with E-state index in [9.17, 15) is 14.7 Å². The standard InChI is InChI=1S/C21H36O5/c1-16(15-22)13-11-9-7-5-3-4-6-8-10-12-14-18-19(20(23)24)17(2)21(25)26-18/h16,18,22H,3-15H2,1-2H3,(H,23,24)/t16?,18-/m1/s1. The van der Waals surface area contributed by atoms with E-state index in [1.54, 1.807) is 0 Å². The molecule has 2 N–H and O–H groups in total. The molecule has 0 saturated heterocycles. The zero-order chi connectivity index (χ0) is 19.4. The number of ether oxygens (including phenoxy) is 1. The van der Waals surface area contributed by atoms with Crippen molar-refractivity contribution in [3.05, 3.63) is 11.1 Å². The van der Waals surface area contributed by atoms with E-state index >= 15 is 0 Å². The van der Waals surface area contributed by atoms with E-state index < -0.39 is 18.0 Å². The number of carbonyl (C=O) groups excluding carboxylic acids is 1. The van der Waals surface area contributed by atoms with Gasteiger partial charge in [-0.3, -0.25) is 0 Å². The third-order valence-corrected chi connectivity index (χ3v) is 5.24. The van der Waals surface area contributed by atoms with Crippen LogP contribution in [-0.2, 0) is 14.3 Å². The first-order valence-electron chi connectivity index (χ1n) is 10.2. The highest BCUT2D eigenvalue weighted by Gasteiger charge is 2.35. The molecule has 0 radical (unpaired) electrons. The summed E-state index contributed by atoms with van der Waals surface area (Å²) in [7, 11) is 0. The molecule has 26 heavy (non-hydrogen) atoms. The molecule has 1 heterocycles. The van der Waals surface area contributed by atoms with Gasteiger partial charge in [0, 0.05) is 12.2 Å². The zero-order valence-electron chi connectivity index (χ0n) is 16.5. The van der Waals surface area contributed by atoms with Crippen LogP contribution in [0.3, 0.4) is 0 Å².